The van der Waals surface area contributed by atoms with Crippen LogP contribution in [-0.4, -0.2) is 54.5 Å². The molecular formula is C47H56MgN4O5-2. The Hall–Kier alpha value is -4.28. The number of methoxy groups -OCH3 is 1. The van der Waals surface area contributed by atoms with Gasteiger partial charge in [-0.2, -0.15) is 11.4 Å². The molecule has 0 amide bonds. The van der Waals surface area contributed by atoms with Gasteiger partial charge < -0.3 is 29.7 Å². The topological polar surface area (TPSA) is 126 Å². The van der Waals surface area contributed by atoms with Crippen LogP contribution in [0.2, 0.25) is 0 Å². The first-order chi connectivity index (χ1) is 26.8. The third kappa shape index (κ3) is 8.63. The van der Waals surface area contributed by atoms with Crippen molar-refractivity contribution >= 4 is 70.7 Å². The molecule has 5 heterocycles. The van der Waals surface area contributed by atoms with E-state index in [9.17, 15) is 14.4 Å². The predicted octanol–water partition coefficient (Wildman–Crippen LogP) is 7.53. The average Bonchev–Trinajstić information content (AvgIpc) is 3.91. The summed E-state index contributed by atoms with van der Waals surface area (Å²) < 4.78 is 10.9. The number of ether oxygens (including phenoxy) is 2. The third-order valence-electron chi connectivity index (χ3n) is 12.1. The van der Waals surface area contributed by atoms with Crippen LogP contribution in [0.4, 0.5) is 0 Å². The van der Waals surface area contributed by atoms with Crippen LogP contribution in [0.15, 0.2) is 29.6 Å². The number of Topliss-reactive ketones (excluding diaryl/α,β-unsaturated/α-hetero) is 1. The largest absolute Gasteiger partial charge is 2.00 e. The molecule has 8 bridgehead atoms. The standard InChI is InChI=1S/C47H57N4O5.Mg/c1-11-15-25(4)16-14-17-26(5)20-21-56-40(52)19-18-33-29(8)36-22-34-27(6)31(12-2)38(48-34)23-35-28(7)32(13-3)39(49-35)24-37-30(9)41-45(51-37)42(44(33)50-36)43(46(41)53)47(54)55-10;/h12,20,22-25,29,33,43H,2,11,13-19,21H2,1,3-10H3,(H-,50,51,53);/q-3;+2/p-1/b26-20-,35-23-,36-22-,39-24-;/t25-,29-,33-,43+;/m0./s1. The third-order valence-corrected chi connectivity index (χ3v) is 12.1. The molecule has 6 rings (SSSR count). The summed E-state index contributed by atoms with van der Waals surface area (Å²) in [5.41, 5.74) is 10.7. The van der Waals surface area contributed by atoms with Crippen molar-refractivity contribution in [2.75, 3.05) is 13.7 Å². The summed E-state index contributed by atoms with van der Waals surface area (Å²) in [7, 11) is 1.29. The van der Waals surface area contributed by atoms with Gasteiger partial charge in [0.05, 0.1) is 7.11 Å². The van der Waals surface area contributed by atoms with E-state index in [1.54, 1.807) is 0 Å². The second-order valence-electron chi connectivity index (χ2n) is 15.9. The molecule has 0 aromatic carbocycles. The molecule has 3 aromatic rings. The minimum atomic E-state index is -1.22. The fourth-order valence-corrected chi connectivity index (χ4v) is 8.74. The number of hydrogen-bond acceptors (Lipinski definition) is 5. The van der Waals surface area contributed by atoms with Crippen molar-refractivity contribution in [2.45, 2.75) is 107 Å². The summed E-state index contributed by atoms with van der Waals surface area (Å²) in [6, 6.07) is 0. The summed E-state index contributed by atoms with van der Waals surface area (Å²) >= 11 is 0. The molecule has 1 aliphatic carbocycles. The van der Waals surface area contributed by atoms with Gasteiger partial charge in [-0.3, -0.25) is 14.4 Å². The zero-order chi connectivity index (χ0) is 40.4. The van der Waals surface area contributed by atoms with Crippen LogP contribution < -0.4 is 25.7 Å². The first kappa shape index (κ1) is 43.8. The van der Waals surface area contributed by atoms with Crippen LogP contribution in [0.3, 0.4) is 0 Å². The van der Waals surface area contributed by atoms with E-state index in [4.69, 9.17) is 29.7 Å². The monoisotopic (exact) mass is 780 g/mol. The van der Waals surface area contributed by atoms with Crippen molar-refractivity contribution in [3.63, 3.8) is 0 Å². The van der Waals surface area contributed by atoms with Crippen molar-refractivity contribution in [3.8, 4) is 0 Å². The molecule has 4 atom stereocenters. The van der Waals surface area contributed by atoms with Crippen molar-refractivity contribution in [1.29, 1.82) is 0 Å². The van der Waals surface area contributed by atoms with E-state index >= 15 is 0 Å². The van der Waals surface area contributed by atoms with Crippen molar-refractivity contribution in [2.24, 2.45) is 23.7 Å². The van der Waals surface area contributed by atoms with Crippen molar-refractivity contribution in [1.82, 2.24) is 15.0 Å². The maximum atomic E-state index is 14.3. The molecule has 9 nitrogen and oxygen atoms in total. The Morgan fingerprint density at radius 3 is 2.35 bits per heavy atom. The average molecular weight is 781 g/mol. The number of hydrogen-bond donors (Lipinski definition) is 0. The van der Waals surface area contributed by atoms with Crippen LogP contribution >= 0.6 is 0 Å². The minimum absolute atomic E-state index is 0. The smallest absolute Gasteiger partial charge is 0.664 e. The molecule has 0 unspecified atom stereocenters. The summed E-state index contributed by atoms with van der Waals surface area (Å²) in [6.07, 6.45) is 16.8. The van der Waals surface area contributed by atoms with E-state index < -0.39 is 11.9 Å². The second kappa shape index (κ2) is 18.5. The van der Waals surface area contributed by atoms with E-state index in [0.29, 0.717) is 40.2 Å². The number of carbonyl (C=O) groups excluding carboxylic acids is 3. The molecule has 2 aliphatic heterocycles. The van der Waals surface area contributed by atoms with E-state index in [1.807, 2.05) is 44.2 Å². The Balaban J connectivity index is 0.00000620. The molecule has 57 heavy (non-hydrogen) atoms. The van der Waals surface area contributed by atoms with Gasteiger partial charge in [0.15, 0.2) is 5.78 Å². The molecule has 3 aliphatic rings. The molecule has 10 heteroatoms. The number of allylic oxidation sites excluding steroid dienone is 3. The van der Waals surface area contributed by atoms with Gasteiger partial charge in [0.1, 0.15) is 12.5 Å². The maximum Gasteiger partial charge on any atom is 2.00 e. The van der Waals surface area contributed by atoms with Crippen LogP contribution in [0.1, 0.15) is 141 Å². The second-order valence-corrected chi connectivity index (χ2v) is 15.9. The van der Waals surface area contributed by atoms with E-state index in [0.717, 1.165) is 75.2 Å². The van der Waals surface area contributed by atoms with Gasteiger partial charge in [0.25, 0.3) is 0 Å². The fourth-order valence-electron chi connectivity index (χ4n) is 8.74. The van der Waals surface area contributed by atoms with Crippen molar-refractivity contribution in [3.05, 3.63) is 102 Å². The number of rotatable bonds is 14. The van der Waals surface area contributed by atoms with Gasteiger partial charge in [-0.25, -0.2) is 0 Å². The Kier molecular flexibility index (Phi) is 14.3. The normalized spacial score (nSPS) is 22.3. The molecule has 0 N–H and O–H groups in total. The zero-order valence-corrected chi connectivity index (χ0v) is 36.7. The van der Waals surface area contributed by atoms with Gasteiger partial charge in [0, 0.05) is 12.0 Å². The van der Waals surface area contributed by atoms with Crippen LogP contribution in [0.25, 0.3) is 35.2 Å². The molecule has 298 valence electrons. The van der Waals surface area contributed by atoms with Gasteiger partial charge in [-0.15, -0.1) is 33.5 Å². The summed E-state index contributed by atoms with van der Waals surface area (Å²) in [6.45, 7) is 21.1. The maximum absolute atomic E-state index is 14.3. The zero-order valence-electron chi connectivity index (χ0n) is 35.3. The Morgan fingerprint density at radius 1 is 0.947 bits per heavy atom. The molecule has 3 aromatic heterocycles. The number of aromatic nitrogens is 3. The van der Waals surface area contributed by atoms with Gasteiger partial charge in [-0.05, 0) is 82.8 Å². The molecular weight excluding hydrogens is 725 g/mol. The first-order valence-corrected chi connectivity index (χ1v) is 20.3. The van der Waals surface area contributed by atoms with Gasteiger partial charge >= 0.3 is 35.0 Å². The number of nitrogens with zero attached hydrogens (tertiary/aromatic N) is 4. The molecule has 0 saturated carbocycles. The summed E-state index contributed by atoms with van der Waals surface area (Å²) in [4.78, 5) is 56.2. The SMILES string of the molecule is C=Cc1c2[n-]c(c1C)/C=C1\[N-]/C(=C3\c4[n-]c(c(C)c4C(=O)[C@@H]3C(=O)OC)/C=c3\[n-]/c(c(C)c3CC)=C\2)[C@@H](CCC(=O)OC/C=C(/C)CCC[C@@H](C)CCC)[C@@H]1C.[Mg+2]. The fraction of sp³-hybridized carbons (Fsp3) is 0.468. The van der Waals surface area contributed by atoms with Crippen LogP contribution in [0.5, 0.6) is 0 Å². The Bertz CT molecular complexity index is 2280. The van der Waals surface area contributed by atoms with E-state index in [1.165, 1.54) is 31.9 Å². The number of esters is 2. The van der Waals surface area contributed by atoms with E-state index in [-0.39, 0.29) is 59.7 Å². The molecule has 1 fully saturated rings. The number of carbonyl (C=O) groups is 3. The summed E-state index contributed by atoms with van der Waals surface area (Å²) in [5.74, 6) is -2.31. The van der Waals surface area contributed by atoms with Crippen molar-refractivity contribution < 1.29 is 23.9 Å². The van der Waals surface area contributed by atoms with Crippen LogP contribution in [-0.2, 0) is 25.5 Å². The minimum Gasteiger partial charge on any atom is -0.664 e. The predicted molar refractivity (Wildman–Crippen MR) is 228 cm³/mol. The summed E-state index contributed by atoms with van der Waals surface area (Å²) in [5, 5.41) is 6.80. The number of fused-ring (bicyclic) bond motifs is 7. The number of ketones is 1. The Morgan fingerprint density at radius 2 is 1.67 bits per heavy atom. The molecule has 0 radical (unpaired) electrons. The molecule has 0 spiro atoms. The molecule has 1 saturated heterocycles. The van der Waals surface area contributed by atoms with E-state index in [2.05, 4.69) is 48.1 Å². The Labute approximate surface area is 353 Å². The van der Waals surface area contributed by atoms with Gasteiger partial charge in [0.2, 0.25) is 0 Å². The van der Waals surface area contributed by atoms with Crippen LogP contribution in [0, 0.1) is 44.4 Å². The quantitative estimate of drug-likeness (QED) is 0.0712. The van der Waals surface area contributed by atoms with Gasteiger partial charge in [-0.1, -0.05) is 111 Å². The first-order valence-electron chi connectivity index (χ1n) is 20.3.